The molecule has 0 radical (unpaired) electrons. The van der Waals surface area contributed by atoms with Gasteiger partial charge in [0.15, 0.2) is 0 Å². The van der Waals surface area contributed by atoms with Gasteiger partial charge in [0, 0.05) is 69.7 Å². The van der Waals surface area contributed by atoms with E-state index in [0.717, 1.165) is 11.0 Å². The Balaban J connectivity index is 1.34. The molecule has 0 aromatic heterocycles. The standard InChI is InChI=1S/C25H27FN4O4/c26-20-12-16(14-29-8-10-34-11-9-29)4-5-17(20)13-27-21-3-1-2-18-19(21)15-30(25(18)33)22-6-7-23(31)28-24(22)32/h1-5,12,22,27H,6-11,13-15H2,(H,28,31,32)/t22-/m0/s1/i6D2,7D2,14D2. The van der Waals surface area contributed by atoms with E-state index in [1.54, 1.807) is 17.0 Å². The van der Waals surface area contributed by atoms with Crippen molar-refractivity contribution in [1.82, 2.24) is 15.1 Å². The number of halogens is 1. The fourth-order valence-corrected chi connectivity index (χ4v) is 4.17. The highest BCUT2D eigenvalue weighted by Gasteiger charge is 2.39. The third-order valence-electron chi connectivity index (χ3n) is 5.94. The van der Waals surface area contributed by atoms with Crippen LogP contribution in [0, 0.1) is 5.82 Å². The molecule has 0 saturated carbocycles. The van der Waals surface area contributed by atoms with E-state index in [1.807, 2.05) is 5.32 Å². The minimum absolute atomic E-state index is 0.0148. The van der Waals surface area contributed by atoms with Crippen molar-refractivity contribution in [1.29, 1.82) is 0 Å². The predicted molar refractivity (Wildman–Crippen MR) is 122 cm³/mol. The third-order valence-corrected chi connectivity index (χ3v) is 5.94. The molecule has 34 heavy (non-hydrogen) atoms. The summed E-state index contributed by atoms with van der Waals surface area (Å²) in [5.41, 5.74) is 1.43. The zero-order valence-corrected chi connectivity index (χ0v) is 18.2. The lowest BCUT2D eigenvalue weighted by atomic mass is 10.0. The monoisotopic (exact) mass is 472 g/mol. The average molecular weight is 473 g/mol. The Hall–Kier alpha value is -3.30. The number of hydrogen-bond donors (Lipinski definition) is 2. The molecule has 3 heterocycles. The molecule has 2 fully saturated rings. The molecule has 2 saturated heterocycles. The van der Waals surface area contributed by atoms with Crippen LogP contribution in [0.4, 0.5) is 10.1 Å². The molecule has 0 bridgehead atoms. The van der Waals surface area contributed by atoms with Crippen molar-refractivity contribution in [3.8, 4) is 0 Å². The second-order valence-electron chi connectivity index (χ2n) is 8.13. The highest BCUT2D eigenvalue weighted by Crippen LogP contribution is 2.32. The minimum Gasteiger partial charge on any atom is -0.381 e. The van der Waals surface area contributed by atoms with Crippen molar-refractivity contribution in [2.45, 2.75) is 38.4 Å². The first-order valence-electron chi connectivity index (χ1n) is 13.9. The maximum absolute atomic E-state index is 15.1. The molecule has 9 heteroatoms. The number of hydrogen-bond acceptors (Lipinski definition) is 6. The van der Waals surface area contributed by atoms with E-state index in [4.69, 9.17) is 13.0 Å². The minimum atomic E-state index is -3.05. The number of amides is 3. The van der Waals surface area contributed by atoms with E-state index in [2.05, 4.69) is 5.32 Å². The largest absolute Gasteiger partial charge is 0.381 e. The zero-order chi connectivity index (χ0) is 29.0. The van der Waals surface area contributed by atoms with Crippen LogP contribution >= 0.6 is 0 Å². The molecule has 178 valence electrons. The Bertz CT molecular complexity index is 1390. The molecule has 0 unspecified atom stereocenters. The van der Waals surface area contributed by atoms with Gasteiger partial charge in [-0.25, -0.2) is 4.39 Å². The highest BCUT2D eigenvalue weighted by molar-refractivity contribution is 6.06. The zero-order valence-electron chi connectivity index (χ0n) is 24.2. The van der Waals surface area contributed by atoms with Gasteiger partial charge in [-0.05, 0) is 30.1 Å². The topological polar surface area (TPSA) is 91.0 Å². The van der Waals surface area contributed by atoms with Crippen LogP contribution in [-0.4, -0.2) is 59.9 Å². The lowest BCUT2D eigenvalue weighted by Crippen LogP contribution is -2.52. The summed E-state index contributed by atoms with van der Waals surface area (Å²) >= 11 is 0. The van der Waals surface area contributed by atoms with Gasteiger partial charge in [0.05, 0.1) is 13.2 Å². The lowest BCUT2D eigenvalue weighted by Gasteiger charge is -2.29. The third kappa shape index (κ3) is 4.53. The van der Waals surface area contributed by atoms with E-state index < -0.39 is 48.8 Å². The Morgan fingerprint density at radius 2 is 2.03 bits per heavy atom. The first kappa shape index (κ1) is 16.3. The maximum atomic E-state index is 15.1. The number of morpholine rings is 1. The van der Waals surface area contributed by atoms with Crippen LogP contribution in [0.2, 0.25) is 0 Å². The molecular weight excluding hydrogens is 439 g/mol. The maximum Gasteiger partial charge on any atom is 0.255 e. The van der Waals surface area contributed by atoms with Crippen LogP contribution < -0.4 is 10.6 Å². The highest BCUT2D eigenvalue weighted by atomic mass is 19.1. The number of ether oxygens (including phenoxy) is 1. The molecule has 3 aliphatic rings. The summed E-state index contributed by atoms with van der Waals surface area (Å²) in [4.78, 5) is 40.2. The molecule has 3 aliphatic heterocycles. The molecule has 2 aromatic carbocycles. The summed E-state index contributed by atoms with van der Waals surface area (Å²) in [6, 6.07) is 6.97. The van der Waals surface area contributed by atoms with Gasteiger partial charge in [0.25, 0.3) is 5.91 Å². The first-order chi connectivity index (χ1) is 18.8. The number of carbonyl (C=O) groups excluding carboxylic acids is 3. The van der Waals surface area contributed by atoms with Crippen LogP contribution in [0.1, 0.15) is 48.0 Å². The number of anilines is 1. The quantitative estimate of drug-likeness (QED) is 0.626. The lowest BCUT2D eigenvalue weighted by molar-refractivity contribution is -0.136. The Labute approximate surface area is 205 Å². The van der Waals surface area contributed by atoms with E-state index >= 15 is 4.39 Å². The Kier molecular flexibility index (Phi) is 4.58. The first-order valence-corrected chi connectivity index (χ1v) is 10.9. The predicted octanol–water partition coefficient (Wildman–Crippen LogP) is 2.03. The van der Waals surface area contributed by atoms with Crippen LogP contribution in [0.5, 0.6) is 0 Å². The SMILES string of the molecule is [2H]C([2H])(c1ccc(CNc2cccc3c2CN([C@@H]2C(=O)NC(=O)C([2H])([2H])C2([2H])[2H])C3=O)c(F)c1)N1CCOCC1. The number of imide groups is 1. The van der Waals surface area contributed by atoms with Crippen molar-refractivity contribution in [2.75, 3.05) is 31.6 Å². The van der Waals surface area contributed by atoms with E-state index in [0.29, 0.717) is 37.6 Å². The molecule has 5 rings (SSSR count). The van der Waals surface area contributed by atoms with Crippen LogP contribution in [0.25, 0.3) is 0 Å². The van der Waals surface area contributed by atoms with Gasteiger partial charge in [0.2, 0.25) is 11.8 Å². The van der Waals surface area contributed by atoms with Crippen LogP contribution in [0.15, 0.2) is 36.4 Å². The van der Waals surface area contributed by atoms with Crippen molar-refractivity contribution < 1.29 is 31.7 Å². The second kappa shape index (κ2) is 9.52. The average Bonchev–Trinajstić information content (AvgIpc) is 3.23. The summed E-state index contributed by atoms with van der Waals surface area (Å²) in [5.74, 6) is -3.84. The molecule has 8 nitrogen and oxygen atoms in total. The number of rotatable bonds is 6. The van der Waals surface area contributed by atoms with Gasteiger partial charge >= 0.3 is 0 Å². The summed E-state index contributed by atoms with van der Waals surface area (Å²) in [7, 11) is 0. The fraction of sp³-hybridized carbons (Fsp3) is 0.400. The Morgan fingerprint density at radius 1 is 1.21 bits per heavy atom. The normalized spacial score (nSPS) is 26.9. The van der Waals surface area contributed by atoms with Crippen LogP contribution in [-0.2, 0) is 33.9 Å². The molecular formula is C25H27FN4O4. The number of nitrogens with zero attached hydrogens (tertiary/aromatic N) is 2. The number of nitrogens with one attached hydrogen (secondary N) is 2. The Morgan fingerprint density at radius 3 is 2.82 bits per heavy atom. The van der Waals surface area contributed by atoms with E-state index in [1.165, 1.54) is 18.2 Å². The van der Waals surface area contributed by atoms with Crippen molar-refractivity contribution in [3.05, 3.63) is 64.5 Å². The molecule has 1 atom stereocenters. The summed E-state index contributed by atoms with van der Waals surface area (Å²) in [6.45, 7) is -0.564. The molecule has 3 amide bonds. The molecule has 0 spiro atoms. The summed E-state index contributed by atoms with van der Waals surface area (Å²) in [6.07, 6.45) is -6.04. The number of benzene rings is 2. The van der Waals surface area contributed by atoms with Crippen molar-refractivity contribution >= 4 is 23.4 Å². The number of fused-ring (bicyclic) bond motifs is 1. The van der Waals surface area contributed by atoms with Gasteiger partial charge in [-0.3, -0.25) is 24.6 Å². The van der Waals surface area contributed by atoms with Gasteiger partial charge in [-0.15, -0.1) is 0 Å². The summed E-state index contributed by atoms with van der Waals surface area (Å²) in [5, 5.41) is 4.88. The van der Waals surface area contributed by atoms with Crippen LogP contribution in [0.3, 0.4) is 0 Å². The fourth-order valence-electron chi connectivity index (χ4n) is 4.17. The van der Waals surface area contributed by atoms with Gasteiger partial charge in [0.1, 0.15) is 11.9 Å². The smallest absolute Gasteiger partial charge is 0.255 e. The van der Waals surface area contributed by atoms with E-state index in [-0.39, 0.29) is 29.8 Å². The number of carbonyl (C=O) groups is 3. The van der Waals surface area contributed by atoms with Crippen molar-refractivity contribution in [2.24, 2.45) is 0 Å². The van der Waals surface area contributed by atoms with Gasteiger partial charge in [-0.2, -0.15) is 0 Å². The molecule has 2 N–H and O–H groups in total. The van der Waals surface area contributed by atoms with E-state index in [9.17, 15) is 14.4 Å². The second-order valence-corrected chi connectivity index (χ2v) is 8.13. The van der Waals surface area contributed by atoms with Gasteiger partial charge in [-0.1, -0.05) is 18.2 Å². The summed E-state index contributed by atoms with van der Waals surface area (Å²) < 4.78 is 69.5. The van der Waals surface area contributed by atoms with Gasteiger partial charge < -0.3 is 15.0 Å². The number of piperidine rings is 1. The molecule has 0 aliphatic carbocycles. The molecule has 2 aromatic rings. The van der Waals surface area contributed by atoms with Crippen molar-refractivity contribution in [3.63, 3.8) is 0 Å².